The van der Waals surface area contributed by atoms with Gasteiger partial charge in [-0.1, -0.05) is 25.0 Å². The second-order valence-electron chi connectivity index (χ2n) is 7.29. The van der Waals surface area contributed by atoms with Gasteiger partial charge in [-0.05, 0) is 44.4 Å². The molecule has 0 spiro atoms. The lowest BCUT2D eigenvalue weighted by Crippen LogP contribution is -2.38. The van der Waals surface area contributed by atoms with Gasteiger partial charge in [0.1, 0.15) is 5.82 Å². The van der Waals surface area contributed by atoms with E-state index in [9.17, 15) is 19.1 Å². The fraction of sp³-hybridized carbons (Fsp3) is 0.421. The number of carboxylic acid groups (broad SMARTS) is 1. The Hall–Kier alpha value is -2.70. The SMILES string of the molecule is CC(C)(C(=O)O)n1cc(NC(=O)C2(c3ccc(F)cc3)CCCC2)cn1. The van der Waals surface area contributed by atoms with Gasteiger partial charge in [-0.25, -0.2) is 9.18 Å². The van der Waals surface area contributed by atoms with Gasteiger partial charge in [0.2, 0.25) is 5.91 Å². The summed E-state index contributed by atoms with van der Waals surface area (Å²) < 4.78 is 14.6. The lowest BCUT2D eigenvalue weighted by molar-refractivity contribution is -0.146. The molecule has 1 aromatic heterocycles. The summed E-state index contributed by atoms with van der Waals surface area (Å²) in [5, 5.41) is 16.2. The molecule has 1 aromatic carbocycles. The molecule has 0 radical (unpaired) electrons. The second-order valence-corrected chi connectivity index (χ2v) is 7.29. The Morgan fingerprint density at radius 2 is 1.85 bits per heavy atom. The Labute approximate surface area is 151 Å². The first kappa shape index (κ1) is 18.1. The van der Waals surface area contributed by atoms with Crippen LogP contribution in [0.5, 0.6) is 0 Å². The van der Waals surface area contributed by atoms with Gasteiger partial charge < -0.3 is 10.4 Å². The first-order valence-corrected chi connectivity index (χ1v) is 8.62. The normalized spacial score (nSPS) is 16.4. The summed E-state index contributed by atoms with van der Waals surface area (Å²) in [4.78, 5) is 24.4. The van der Waals surface area contributed by atoms with E-state index in [-0.39, 0.29) is 11.7 Å². The van der Waals surface area contributed by atoms with Crippen molar-refractivity contribution in [2.24, 2.45) is 0 Å². The number of aromatic nitrogens is 2. The minimum atomic E-state index is -1.22. The maximum atomic E-state index is 13.3. The number of amides is 1. The minimum absolute atomic E-state index is 0.172. The monoisotopic (exact) mass is 359 g/mol. The molecule has 3 rings (SSSR count). The summed E-state index contributed by atoms with van der Waals surface area (Å²) >= 11 is 0. The van der Waals surface area contributed by atoms with Crippen molar-refractivity contribution < 1.29 is 19.1 Å². The summed E-state index contributed by atoms with van der Waals surface area (Å²) in [5.74, 6) is -1.52. The van der Waals surface area contributed by atoms with E-state index in [1.54, 1.807) is 12.1 Å². The van der Waals surface area contributed by atoms with Gasteiger partial charge in [-0.2, -0.15) is 5.10 Å². The first-order chi connectivity index (χ1) is 12.3. The van der Waals surface area contributed by atoms with Crippen LogP contribution < -0.4 is 5.32 Å². The fourth-order valence-electron chi connectivity index (χ4n) is 3.44. The molecule has 1 heterocycles. The molecule has 0 saturated heterocycles. The molecule has 138 valence electrons. The topological polar surface area (TPSA) is 84.2 Å². The Morgan fingerprint density at radius 3 is 2.42 bits per heavy atom. The van der Waals surface area contributed by atoms with Crippen molar-refractivity contribution in [3.8, 4) is 0 Å². The number of carbonyl (C=O) groups excluding carboxylic acids is 1. The van der Waals surface area contributed by atoms with Gasteiger partial charge in [0.15, 0.2) is 5.54 Å². The van der Waals surface area contributed by atoms with Crippen molar-refractivity contribution >= 4 is 17.6 Å². The molecule has 0 unspecified atom stereocenters. The summed E-state index contributed by atoms with van der Waals surface area (Å²) in [7, 11) is 0. The number of carbonyl (C=O) groups is 2. The Kier molecular flexibility index (Phi) is 4.56. The molecule has 0 bridgehead atoms. The van der Waals surface area contributed by atoms with Crippen molar-refractivity contribution in [1.29, 1.82) is 0 Å². The predicted octanol–water partition coefficient (Wildman–Crippen LogP) is 3.29. The Bertz CT molecular complexity index is 821. The third-order valence-electron chi connectivity index (χ3n) is 5.23. The van der Waals surface area contributed by atoms with Gasteiger partial charge in [0, 0.05) is 6.20 Å². The zero-order chi connectivity index (χ0) is 18.9. The summed E-state index contributed by atoms with van der Waals surface area (Å²) in [6, 6.07) is 6.07. The maximum absolute atomic E-state index is 13.3. The first-order valence-electron chi connectivity index (χ1n) is 8.62. The molecule has 2 N–H and O–H groups in total. The number of nitrogens with one attached hydrogen (secondary N) is 1. The minimum Gasteiger partial charge on any atom is -0.479 e. The summed E-state index contributed by atoms with van der Waals surface area (Å²) in [5.41, 5.74) is -0.673. The van der Waals surface area contributed by atoms with Crippen molar-refractivity contribution in [2.75, 3.05) is 5.32 Å². The molecule has 1 saturated carbocycles. The number of nitrogens with zero attached hydrogens (tertiary/aromatic N) is 2. The van der Waals surface area contributed by atoms with Crippen LogP contribution in [0.25, 0.3) is 0 Å². The van der Waals surface area contributed by atoms with Gasteiger partial charge in [-0.3, -0.25) is 9.48 Å². The smallest absolute Gasteiger partial charge is 0.331 e. The van der Waals surface area contributed by atoms with Crippen LogP contribution in [0.1, 0.15) is 45.1 Å². The van der Waals surface area contributed by atoms with Crippen molar-refractivity contribution in [3.63, 3.8) is 0 Å². The number of hydrogen-bond donors (Lipinski definition) is 2. The molecule has 6 nitrogen and oxygen atoms in total. The number of anilines is 1. The Balaban J connectivity index is 1.85. The molecule has 7 heteroatoms. The van der Waals surface area contributed by atoms with Gasteiger partial charge >= 0.3 is 5.97 Å². The summed E-state index contributed by atoms with van der Waals surface area (Å²) in [6.07, 6.45) is 6.19. The molecule has 1 amide bonds. The predicted molar refractivity (Wildman–Crippen MR) is 94.4 cm³/mol. The quantitative estimate of drug-likeness (QED) is 0.858. The third kappa shape index (κ3) is 3.09. The number of aliphatic carboxylic acids is 1. The molecule has 2 aromatic rings. The zero-order valence-electron chi connectivity index (χ0n) is 14.8. The fourth-order valence-corrected chi connectivity index (χ4v) is 3.44. The van der Waals surface area contributed by atoms with E-state index in [1.807, 2.05) is 0 Å². The third-order valence-corrected chi connectivity index (χ3v) is 5.23. The summed E-state index contributed by atoms with van der Waals surface area (Å²) in [6.45, 7) is 3.07. The maximum Gasteiger partial charge on any atom is 0.331 e. The van der Waals surface area contributed by atoms with Crippen molar-refractivity contribution in [2.45, 2.75) is 50.5 Å². The van der Waals surface area contributed by atoms with Crippen LogP contribution in [0.2, 0.25) is 0 Å². The van der Waals surface area contributed by atoms with Crippen LogP contribution in [0.3, 0.4) is 0 Å². The highest BCUT2D eigenvalue weighted by Gasteiger charge is 2.43. The van der Waals surface area contributed by atoms with E-state index < -0.39 is 16.9 Å². The van der Waals surface area contributed by atoms with E-state index in [0.29, 0.717) is 18.5 Å². The number of rotatable bonds is 5. The van der Waals surface area contributed by atoms with E-state index >= 15 is 0 Å². The van der Waals surface area contributed by atoms with Crippen LogP contribution in [-0.4, -0.2) is 26.8 Å². The van der Waals surface area contributed by atoms with Crippen LogP contribution >= 0.6 is 0 Å². The number of halogens is 1. The number of carboxylic acids is 1. The molecule has 0 aliphatic heterocycles. The van der Waals surface area contributed by atoms with Crippen LogP contribution in [0, 0.1) is 5.82 Å². The largest absolute Gasteiger partial charge is 0.479 e. The van der Waals surface area contributed by atoms with Crippen molar-refractivity contribution in [3.05, 3.63) is 48.0 Å². The Morgan fingerprint density at radius 1 is 1.23 bits per heavy atom. The second kappa shape index (κ2) is 6.55. The highest BCUT2D eigenvalue weighted by atomic mass is 19.1. The molecular weight excluding hydrogens is 337 g/mol. The van der Waals surface area contributed by atoms with E-state index in [1.165, 1.54) is 43.1 Å². The number of hydrogen-bond acceptors (Lipinski definition) is 3. The van der Waals surface area contributed by atoms with Gasteiger partial charge in [-0.15, -0.1) is 0 Å². The molecule has 26 heavy (non-hydrogen) atoms. The van der Waals surface area contributed by atoms with E-state index in [0.717, 1.165) is 18.4 Å². The number of benzene rings is 1. The molecule has 0 atom stereocenters. The van der Waals surface area contributed by atoms with Gasteiger partial charge in [0.05, 0.1) is 17.3 Å². The van der Waals surface area contributed by atoms with Crippen LogP contribution in [0.4, 0.5) is 10.1 Å². The average Bonchev–Trinajstić information content (AvgIpc) is 3.25. The molecule has 1 aliphatic rings. The molecule has 1 fully saturated rings. The lowest BCUT2D eigenvalue weighted by atomic mass is 9.78. The van der Waals surface area contributed by atoms with E-state index in [4.69, 9.17) is 0 Å². The molecule has 1 aliphatic carbocycles. The average molecular weight is 359 g/mol. The van der Waals surface area contributed by atoms with Crippen LogP contribution in [-0.2, 0) is 20.5 Å². The zero-order valence-corrected chi connectivity index (χ0v) is 14.8. The molecular formula is C19H22FN3O3. The van der Waals surface area contributed by atoms with E-state index in [2.05, 4.69) is 10.4 Å². The van der Waals surface area contributed by atoms with Crippen LogP contribution in [0.15, 0.2) is 36.7 Å². The van der Waals surface area contributed by atoms with Gasteiger partial charge in [0.25, 0.3) is 0 Å². The highest BCUT2D eigenvalue weighted by Crippen LogP contribution is 2.42. The lowest BCUT2D eigenvalue weighted by Gasteiger charge is -2.28. The standard InChI is InChI=1S/C19H22FN3O3/c1-18(2,17(25)26)23-12-15(11-21-23)22-16(24)19(9-3-4-10-19)13-5-7-14(20)8-6-13/h5-8,11-12H,3-4,9-10H2,1-2H3,(H,22,24)(H,25,26). The van der Waals surface area contributed by atoms with Crippen molar-refractivity contribution in [1.82, 2.24) is 9.78 Å². The highest BCUT2D eigenvalue weighted by molar-refractivity contribution is 5.99.